The molecule has 0 saturated carbocycles. The van der Waals surface area contributed by atoms with E-state index in [0.717, 1.165) is 23.3 Å². The molecule has 1 N–H and O–H groups in total. The number of carbonyl (C=O) groups excluding carboxylic acids is 1. The zero-order chi connectivity index (χ0) is 17.0. The van der Waals surface area contributed by atoms with Gasteiger partial charge in [-0.05, 0) is 44.0 Å². The van der Waals surface area contributed by atoms with Gasteiger partial charge in [0.05, 0.1) is 6.04 Å². The Bertz CT molecular complexity index is 716. The number of amides is 1. The maximum Gasteiger partial charge on any atom is 0.258 e. The minimum absolute atomic E-state index is 0.169. The lowest BCUT2D eigenvalue weighted by molar-refractivity contribution is -0.123. The lowest BCUT2D eigenvalue weighted by Crippen LogP contribution is -2.31. The summed E-state index contributed by atoms with van der Waals surface area (Å²) in [6, 6.07) is 8.43. The fourth-order valence-corrected chi connectivity index (χ4v) is 2.22. The molecule has 0 aliphatic rings. The highest BCUT2D eigenvalue weighted by molar-refractivity contribution is 5.78. The molecule has 0 aromatic heterocycles. The third-order valence-corrected chi connectivity index (χ3v) is 3.51. The molecule has 5 heteroatoms. The fourth-order valence-electron chi connectivity index (χ4n) is 2.22. The second kappa shape index (κ2) is 7.22. The van der Waals surface area contributed by atoms with Crippen LogP contribution in [0.1, 0.15) is 29.7 Å². The Balaban J connectivity index is 1.95. The summed E-state index contributed by atoms with van der Waals surface area (Å²) < 4.78 is 32.1. The summed E-state index contributed by atoms with van der Waals surface area (Å²) in [5.74, 6) is -1.07. The van der Waals surface area contributed by atoms with Gasteiger partial charge in [-0.25, -0.2) is 8.78 Å². The van der Waals surface area contributed by atoms with Crippen molar-refractivity contribution in [3.05, 3.63) is 64.7 Å². The van der Waals surface area contributed by atoms with Crippen LogP contribution >= 0.6 is 0 Å². The van der Waals surface area contributed by atoms with Crippen LogP contribution in [0.5, 0.6) is 5.75 Å². The molecule has 0 heterocycles. The van der Waals surface area contributed by atoms with Gasteiger partial charge in [-0.2, -0.15) is 0 Å². The minimum Gasteiger partial charge on any atom is -0.483 e. The molecule has 122 valence electrons. The molecule has 3 nitrogen and oxygen atoms in total. The molecule has 2 aromatic rings. The Morgan fingerprint density at radius 1 is 1.17 bits per heavy atom. The van der Waals surface area contributed by atoms with E-state index in [-0.39, 0.29) is 18.1 Å². The molecule has 0 aliphatic heterocycles. The molecule has 2 rings (SSSR count). The molecule has 23 heavy (non-hydrogen) atoms. The van der Waals surface area contributed by atoms with Gasteiger partial charge in [0.25, 0.3) is 5.91 Å². The highest BCUT2D eigenvalue weighted by Crippen LogP contribution is 2.20. The van der Waals surface area contributed by atoms with E-state index >= 15 is 0 Å². The second-order valence-electron chi connectivity index (χ2n) is 5.51. The van der Waals surface area contributed by atoms with Crippen molar-refractivity contribution in [3.8, 4) is 5.75 Å². The van der Waals surface area contributed by atoms with Gasteiger partial charge in [0, 0.05) is 11.6 Å². The van der Waals surface area contributed by atoms with Gasteiger partial charge in [0.2, 0.25) is 0 Å². The Labute approximate surface area is 134 Å². The average molecular weight is 319 g/mol. The van der Waals surface area contributed by atoms with Crippen LogP contribution in [0.2, 0.25) is 0 Å². The summed E-state index contributed by atoms with van der Waals surface area (Å²) >= 11 is 0. The number of ether oxygens (including phenoxy) is 1. The molecule has 0 saturated heterocycles. The van der Waals surface area contributed by atoms with Crippen LogP contribution in [0.15, 0.2) is 36.4 Å². The van der Waals surface area contributed by atoms with Crippen molar-refractivity contribution in [3.63, 3.8) is 0 Å². The van der Waals surface area contributed by atoms with Crippen LogP contribution < -0.4 is 10.1 Å². The van der Waals surface area contributed by atoms with Crippen molar-refractivity contribution >= 4 is 5.91 Å². The number of aryl methyl sites for hydroxylation is 2. The van der Waals surface area contributed by atoms with Gasteiger partial charge in [0.1, 0.15) is 17.4 Å². The first-order chi connectivity index (χ1) is 10.9. The molecule has 2 aromatic carbocycles. The van der Waals surface area contributed by atoms with Crippen LogP contribution in [-0.2, 0) is 4.79 Å². The first-order valence-corrected chi connectivity index (χ1v) is 7.31. The molecule has 0 spiro atoms. The number of halogens is 2. The normalized spacial score (nSPS) is 11.9. The number of carbonyl (C=O) groups is 1. The maximum atomic E-state index is 13.7. The zero-order valence-corrected chi connectivity index (χ0v) is 13.3. The summed E-state index contributed by atoms with van der Waals surface area (Å²) in [5.41, 5.74) is 2.19. The van der Waals surface area contributed by atoms with Crippen LogP contribution in [0.25, 0.3) is 0 Å². The van der Waals surface area contributed by atoms with Crippen molar-refractivity contribution in [2.75, 3.05) is 6.61 Å². The maximum absolute atomic E-state index is 13.7. The summed E-state index contributed by atoms with van der Waals surface area (Å²) in [7, 11) is 0. The van der Waals surface area contributed by atoms with Gasteiger partial charge in [-0.3, -0.25) is 4.79 Å². The van der Waals surface area contributed by atoms with Crippen molar-refractivity contribution in [1.82, 2.24) is 5.32 Å². The largest absolute Gasteiger partial charge is 0.483 e. The molecule has 0 fully saturated rings. The van der Waals surface area contributed by atoms with Gasteiger partial charge < -0.3 is 10.1 Å². The van der Waals surface area contributed by atoms with Crippen molar-refractivity contribution in [2.45, 2.75) is 26.8 Å². The smallest absolute Gasteiger partial charge is 0.258 e. The van der Waals surface area contributed by atoms with E-state index in [1.165, 1.54) is 6.07 Å². The van der Waals surface area contributed by atoms with Crippen LogP contribution in [0.4, 0.5) is 8.78 Å². The first-order valence-electron chi connectivity index (χ1n) is 7.31. The summed E-state index contributed by atoms with van der Waals surface area (Å²) in [4.78, 5) is 11.9. The Morgan fingerprint density at radius 2 is 1.91 bits per heavy atom. The van der Waals surface area contributed by atoms with E-state index in [0.29, 0.717) is 5.75 Å². The van der Waals surface area contributed by atoms with Gasteiger partial charge in [0.15, 0.2) is 6.61 Å². The van der Waals surface area contributed by atoms with Crippen LogP contribution in [-0.4, -0.2) is 12.5 Å². The van der Waals surface area contributed by atoms with Gasteiger partial charge in [-0.1, -0.05) is 18.2 Å². The highest BCUT2D eigenvalue weighted by atomic mass is 19.1. The fraction of sp³-hybridized carbons (Fsp3) is 0.278. The Hall–Kier alpha value is -2.43. The third kappa shape index (κ3) is 4.52. The molecule has 0 unspecified atom stereocenters. The average Bonchev–Trinajstić information content (AvgIpc) is 2.48. The predicted molar refractivity (Wildman–Crippen MR) is 84.3 cm³/mol. The van der Waals surface area contributed by atoms with E-state index in [4.69, 9.17) is 4.74 Å². The van der Waals surface area contributed by atoms with Crippen molar-refractivity contribution in [1.29, 1.82) is 0 Å². The van der Waals surface area contributed by atoms with Gasteiger partial charge >= 0.3 is 0 Å². The standard InChI is InChI=1S/C18H19F2NO2/c1-11-4-5-12(2)17(8-11)23-10-18(22)21-13(3)15-7-6-14(19)9-16(15)20/h4-9,13H,10H2,1-3H3,(H,21,22)/t13-/m0/s1. The van der Waals surface area contributed by atoms with Gasteiger partial charge in [-0.15, -0.1) is 0 Å². The van der Waals surface area contributed by atoms with Crippen LogP contribution in [0.3, 0.4) is 0 Å². The van der Waals surface area contributed by atoms with E-state index in [9.17, 15) is 13.6 Å². The van der Waals surface area contributed by atoms with Crippen molar-refractivity contribution in [2.24, 2.45) is 0 Å². The number of rotatable bonds is 5. The SMILES string of the molecule is Cc1ccc(C)c(OCC(=O)N[C@@H](C)c2ccc(F)cc2F)c1. The van der Waals surface area contributed by atoms with Crippen LogP contribution in [0, 0.1) is 25.5 Å². The molecule has 1 atom stereocenters. The third-order valence-electron chi connectivity index (χ3n) is 3.51. The zero-order valence-electron chi connectivity index (χ0n) is 13.3. The minimum atomic E-state index is -0.687. The van der Waals surface area contributed by atoms with E-state index in [1.807, 2.05) is 32.0 Å². The summed E-state index contributed by atoms with van der Waals surface area (Å²) in [6.07, 6.45) is 0. The monoisotopic (exact) mass is 319 g/mol. The molecule has 0 aliphatic carbocycles. The lowest BCUT2D eigenvalue weighted by Gasteiger charge is -2.16. The van der Waals surface area contributed by atoms with Crippen molar-refractivity contribution < 1.29 is 18.3 Å². The summed E-state index contributed by atoms with van der Waals surface area (Å²) in [5, 5.41) is 2.63. The first kappa shape index (κ1) is 16.9. The highest BCUT2D eigenvalue weighted by Gasteiger charge is 2.15. The molecule has 0 bridgehead atoms. The Kier molecular flexibility index (Phi) is 5.32. The lowest BCUT2D eigenvalue weighted by atomic mass is 10.1. The Morgan fingerprint density at radius 3 is 2.61 bits per heavy atom. The summed E-state index contributed by atoms with van der Waals surface area (Å²) in [6.45, 7) is 5.29. The van der Waals surface area contributed by atoms with E-state index < -0.39 is 17.7 Å². The predicted octanol–water partition coefficient (Wildman–Crippen LogP) is 3.84. The number of hydrogen-bond acceptors (Lipinski definition) is 2. The molecule has 1 amide bonds. The second-order valence-corrected chi connectivity index (χ2v) is 5.51. The number of hydrogen-bond donors (Lipinski definition) is 1. The topological polar surface area (TPSA) is 38.3 Å². The quantitative estimate of drug-likeness (QED) is 0.909. The van der Waals surface area contributed by atoms with E-state index in [1.54, 1.807) is 6.92 Å². The molecular formula is C18H19F2NO2. The molecule has 0 radical (unpaired) electrons. The molecular weight excluding hydrogens is 300 g/mol. The number of benzene rings is 2. The van der Waals surface area contributed by atoms with E-state index in [2.05, 4.69) is 5.32 Å². The number of nitrogens with one attached hydrogen (secondary N) is 1.